The summed E-state index contributed by atoms with van der Waals surface area (Å²) in [7, 11) is 0. The van der Waals surface area contributed by atoms with Gasteiger partial charge >= 0.3 is 0 Å². The Morgan fingerprint density at radius 1 is 0.636 bits per heavy atom. The lowest BCUT2D eigenvalue weighted by Gasteiger charge is -2.10. The van der Waals surface area contributed by atoms with Crippen LogP contribution in [0.1, 0.15) is 0 Å². The Kier molecular flexibility index (Phi) is 4.20. The van der Waals surface area contributed by atoms with Crippen molar-refractivity contribution in [2.75, 3.05) is 0 Å². The van der Waals surface area contributed by atoms with Gasteiger partial charge in [0.05, 0.1) is 5.52 Å². The monoisotopic (exact) mass is 504 g/mol. The van der Waals surface area contributed by atoms with E-state index >= 15 is 0 Å². The van der Waals surface area contributed by atoms with Crippen molar-refractivity contribution in [1.29, 1.82) is 0 Å². The van der Waals surface area contributed by atoms with Crippen molar-refractivity contribution in [2.24, 2.45) is 0 Å². The molecule has 0 radical (unpaired) electrons. The highest BCUT2D eigenvalue weighted by Crippen LogP contribution is 2.41. The minimum atomic E-state index is 0.988. The van der Waals surface area contributed by atoms with Gasteiger partial charge in [-0.25, -0.2) is 4.98 Å². The van der Waals surface area contributed by atoms with Crippen LogP contribution in [0.15, 0.2) is 108 Å². The average molecular weight is 505 g/mol. The van der Waals surface area contributed by atoms with Crippen molar-refractivity contribution in [2.45, 2.75) is 0 Å². The highest BCUT2D eigenvalue weighted by Gasteiger charge is 2.16. The first kappa shape index (κ1) is 19.0. The molecular weight excluding hydrogens is 488 g/mol. The molecule has 0 saturated carbocycles. The quantitative estimate of drug-likeness (QED) is 0.229. The third kappa shape index (κ3) is 2.95. The lowest BCUT2D eigenvalue weighted by atomic mass is 10.1. The summed E-state index contributed by atoms with van der Waals surface area (Å²) in [6.45, 7) is 0. The molecular formula is C29H17BrN2S. The highest BCUT2D eigenvalue weighted by atomic mass is 79.9. The average Bonchev–Trinajstić information content (AvgIpc) is 3.37. The lowest BCUT2D eigenvalue weighted by Crippen LogP contribution is -1.95. The Morgan fingerprint density at radius 3 is 2.39 bits per heavy atom. The fourth-order valence-electron chi connectivity index (χ4n) is 4.80. The van der Waals surface area contributed by atoms with E-state index in [2.05, 4.69) is 111 Å². The standard InChI is InChI=1S/C29H17BrN2S/c30-20-11-12-22-25-16-24-23-10-5-13-31-29(23)32(26(24)17-28(25)33-27(22)15-20)21-9-4-8-19(14-21)18-6-2-1-3-7-18/h1-17H. The summed E-state index contributed by atoms with van der Waals surface area (Å²) in [4.78, 5) is 4.81. The molecule has 0 bridgehead atoms. The number of hydrogen-bond acceptors (Lipinski definition) is 2. The number of halogens is 1. The normalized spacial score (nSPS) is 11.8. The van der Waals surface area contributed by atoms with E-state index in [1.807, 2.05) is 23.6 Å². The Labute approximate surface area is 202 Å². The molecule has 4 aromatic carbocycles. The topological polar surface area (TPSA) is 17.8 Å². The molecule has 0 spiro atoms. The van der Waals surface area contributed by atoms with Crippen molar-refractivity contribution in [1.82, 2.24) is 9.55 Å². The minimum Gasteiger partial charge on any atom is -0.294 e. The molecule has 0 aliphatic carbocycles. The van der Waals surface area contributed by atoms with Gasteiger partial charge in [0.15, 0.2) is 0 Å². The van der Waals surface area contributed by atoms with Crippen LogP contribution in [-0.4, -0.2) is 9.55 Å². The number of nitrogens with zero attached hydrogens (tertiary/aromatic N) is 2. The summed E-state index contributed by atoms with van der Waals surface area (Å²) in [6.07, 6.45) is 1.88. The molecule has 2 nitrogen and oxygen atoms in total. The maximum absolute atomic E-state index is 4.81. The summed E-state index contributed by atoms with van der Waals surface area (Å²) in [5.41, 5.74) is 5.71. The summed E-state index contributed by atoms with van der Waals surface area (Å²) in [5, 5.41) is 5.02. The van der Waals surface area contributed by atoms with Crippen LogP contribution < -0.4 is 0 Å². The zero-order valence-electron chi connectivity index (χ0n) is 17.5. The molecule has 0 atom stereocenters. The molecule has 156 valence electrons. The lowest BCUT2D eigenvalue weighted by molar-refractivity contribution is 1.14. The molecule has 3 aromatic heterocycles. The van der Waals surface area contributed by atoms with Crippen molar-refractivity contribution in [3.8, 4) is 16.8 Å². The second kappa shape index (κ2) is 7.27. The van der Waals surface area contributed by atoms with Crippen molar-refractivity contribution in [3.05, 3.63) is 108 Å². The zero-order chi connectivity index (χ0) is 21.9. The molecule has 0 aliphatic rings. The maximum atomic E-state index is 4.81. The first-order chi connectivity index (χ1) is 16.3. The number of rotatable bonds is 2. The van der Waals surface area contributed by atoms with Gasteiger partial charge in [0.25, 0.3) is 0 Å². The second-order valence-corrected chi connectivity index (χ2v) is 10.2. The molecule has 0 amide bonds. The number of benzene rings is 4. The van der Waals surface area contributed by atoms with Crippen molar-refractivity contribution >= 4 is 69.4 Å². The van der Waals surface area contributed by atoms with Crippen LogP contribution in [0.5, 0.6) is 0 Å². The Morgan fingerprint density at radius 2 is 1.48 bits per heavy atom. The summed E-state index contributed by atoms with van der Waals surface area (Å²) in [5.74, 6) is 0. The van der Waals surface area contributed by atoms with Crippen LogP contribution in [0.3, 0.4) is 0 Å². The molecule has 0 unspecified atom stereocenters. The van der Waals surface area contributed by atoms with Crippen molar-refractivity contribution in [3.63, 3.8) is 0 Å². The Hall–Kier alpha value is -3.47. The van der Waals surface area contributed by atoms with Gasteiger partial charge in [-0.15, -0.1) is 11.3 Å². The second-order valence-electron chi connectivity index (χ2n) is 8.23. The van der Waals surface area contributed by atoms with Crippen molar-refractivity contribution < 1.29 is 0 Å². The van der Waals surface area contributed by atoms with E-state index in [1.54, 1.807) is 0 Å². The first-order valence-corrected chi connectivity index (χ1v) is 12.4. The van der Waals surface area contributed by atoms with Crippen LogP contribution in [0.4, 0.5) is 0 Å². The predicted octanol–water partition coefficient (Wildman–Crippen LogP) is 8.98. The van der Waals surface area contributed by atoms with E-state index in [0.717, 1.165) is 15.8 Å². The molecule has 0 aliphatic heterocycles. The summed E-state index contributed by atoms with van der Waals surface area (Å²) < 4.78 is 6.01. The molecule has 0 saturated heterocycles. The van der Waals surface area contributed by atoms with Gasteiger partial charge in [0, 0.05) is 47.3 Å². The SMILES string of the molecule is Brc1ccc2c(c1)sc1cc3c(cc12)c1cccnc1n3-c1cccc(-c2ccccc2)c1. The zero-order valence-corrected chi connectivity index (χ0v) is 19.9. The fraction of sp³-hybridized carbons (Fsp3) is 0. The molecule has 33 heavy (non-hydrogen) atoms. The van der Waals surface area contributed by atoms with Gasteiger partial charge in [-0.2, -0.15) is 0 Å². The Balaban J connectivity index is 1.56. The van der Waals surface area contributed by atoms with E-state index < -0.39 is 0 Å². The minimum absolute atomic E-state index is 0.988. The number of pyridine rings is 1. The molecule has 0 N–H and O–H groups in total. The maximum Gasteiger partial charge on any atom is 0.145 e. The summed E-state index contributed by atoms with van der Waals surface area (Å²) >= 11 is 5.46. The van der Waals surface area contributed by atoms with E-state index in [9.17, 15) is 0 Å². The third-order valence-corrected chi connectivity index (χ3v) is 7.90. The van der Waals surface area contributed by atoms with Gasteiger partial charge in [-0.1, -0.05) is 64.5 Å². The van der Waals surface area contributed by atoms with Crippen LogP contribution in [0.25, 0.3) is 58.9 Å². The van der Waals surface area contributed by atoms with E-state index in [-0.39, 0.29) is 0 Å². The van der Waals surface area contributed by atoms with Gasteiger partial charge in [0.2, 0.25) is 0 Å². The van der Waals surface area contributed by atoms with E-state index in [1.165, 1.54) is 47.6 Å². The van der Waals surface area contributed by atoms with E-state index in [4.69, 9.17) is 4.98 Å². The summed E-state index contributed by atoms with van der Waals surface area (Å²) in [6, 6.07) is 34.7. The number of fused-ring (bicyclic) bond motifs is 6. The fourth-order valence-corrected chi connectivity index (χ4v) is 6.48. The van der Waals surface area contributed by atoms with Gasteiger partial charge in [-0.3, -0.25) is 4.57 Å². The van der Waals surface area contributed by atoms with E-state index in [0.29, 0.717) is 0 Å². The predicted molar refractivity (Wildman–Crippen MR) is 145 cm³/mol. The highest BCUT2D eigenvalue weighted by molar-refractivity contribution is 9.10. The third-order valence-electron chi connectivity index (χ3n) is 6.29. The number of hydrogen-bond donors (Lipinski definition) is 0. The molecule has 3 heterocycles. The van der Waals surface area contributed by atoms with Gasteiger partial charge in [0.1, 0.15) is 5.65 Å². The molecule has 0 fully saturated rings. The van der Waals surface area contributed by atoms with Crippen LogP contribution >= 0.6 is 27.3 Å². The molecule has 7 aromatic rings. The smallest absolute Gasteiger partial charge is 0.145 e. The van der Waals surface area contributed by atoms with Crippen LogP contribution in [0.2, 0.25) is 0 Å². The van der Waals surface area contributed by atoms with Crippen LogP contribution in [0, 0.1) is 0 Å². The Bertz CT molecular complexity index is 1830. The first-order valence-electron chi connectivity index (χ1n) is 10.8. The van der Waals surface area contributed by atoms with Crippen LogP contribution in [-0.2, 0) is 0 Å². The molecule has 4 heteroatoms. The number of thiophene rings is 1. The van der Waals surface area contributed by atoms with Gasteiger partial charge in [-0.05, 0) is 59.7 Å². The molecule has 7 rings (SSSR count). The van der Waals surface area contributed by atoms with Gasteiger partial charge < -0.3 is 0 Å². The number of aromatic nitrogens is 2. The largest absolute Gasteiger partial charge is 0.294 e.